The molecule has 0 radical (unpaired) electrons. The largest absolute Gasteiger partial charge is 0.387 e. The minimum Gasteiger partial charge on any atom is -0.387 e. The summed E-state index contributed by atoms with van der Waals surface area (Å²) in [6.07, 6.45) is 5.67. The SMILES string of the molecule is CCN(c1ncnc2[nH]ccc12)[C@H]1C[C@@H]2CN(C(=O)CO)C[C@@H]2C1. The van der Waals surface area contributed by atoms with Crippen LogP contribution in [0.25, 0.3) is 11.0 Å². The third kappa shape index (κ3) is 2.43. The molecule has 2 aliphatic rings. The molecule has 2 aromatic rings. The van der Waals surface area contributed by atoms with Gasteiger partial charge in [-0.2, -0.15) is 0 Å². The smallest absolute Gasteiger partial charge is 0.248 e. The molecule has 0 unspecified atom stereocenters. The normalized spacial score (nSPS) is 26.1. The van der Waals surface area contributed by atoms with Crippen LogP contribution >= 0.6 is 0 Å². The van der Waals surface area contributed by atoms with Crippen molar-refractivity contribution in [3.8, 4) is 0 Å². The number of hydrogen-bond acceptors (Lipinski definition) is 5. The molecule has 1 amide bonds. The number of nitrogens with one attached hydrogen (secondary N) is 1. The molecule has 0 spiro atoms. The van der Waals surface area contributed by atoms with Gasteiger partial charge < -0.3 is 19.9 Å². The third-order valence-corrected chi connectivity index (χ3v) is 5.60. The fourth-order valence-electron chi connectivity index (χ4n) is 4.49. The van der Waals surface area contributed by atoms with E-state index in [0.717, 1.165) is 49.3 Å². The average molecular weight is 329 g/mol. The van der Waals surface area contributed by atoms with E-state index < -0.39 is 0 Å². The fraction of sp³-hybridized carbons (Fsp3) is 0.588. The van der Waals surface area contributed by atoms with Gasteiger partial charge in [-0.3, -0.25) is 4.79 Å². The number of H-pyrrole nitrogens is 1. The molecule has 128 valence electrons. The summed E-state index contributed by atoms with van der Waals surface area (Å²) in [5.41, 5.74) is 0.872. The lowest BCUT2D eigenvalue weighted by atomic mass is 10.0. The average Bonchev–Trinajstić information content (AvgIpc) is 3.29. The summed E-state index contributed by atoms with van der Waals surface area (Å²) in [4.78, 5) is 27.9. The zero-order chi connectivity index (χ0) is 16.7. The van der Waals surface area contributed by atoms with Crippen LogP contribution in [0.5, 0.6) is 0 Å². The molecule has 1 aliphatic heterocycles. The highest BCUT2D eigenvalue weighted by atomic mass is 16.3. The van der Waals surface area contributed by atoms with Gasteiger partial charge in [-0.25, -0.2) is 9.97 Å². The number of hydrogen-bond donors (Lipinski definition) is 2. The number of aromatic amines is 1. The highest BCUT2D eigenvalue weighted by Gasteiger charge is 2.44. The van der Waals surface area contributed by atoms with E-state index in [1.54, 1.807) is 6.33 Å². The molecule has 2 fully saturated rings. The van der Waals surface area contributed by atoms with Gasteiger partial charge in [-0.05, 0) is 37.7 Å². The first-order valence-electron chi connectivity index (χ1n) is 8.64. The summed E-state index contributed by atoms with van der Waals surface area (Å²) in [5, 5.41) is 10.1. The first-order chi connectivity index (χ1) is 11.7. The second-order valence-electron chi connectivity index (χ2n) is 6.83. The number of carbonyl (C=O) groups excluding carboxylic acids is 1. The number of rotatable bonds is 4. The second kappa shape index (κ2) is 6.05. The second-order valence-corrected chi connectivity index (χ2v) is 6.83. The van der Waals surface area contributed by atoms with E-state index >= 15 is 0 Å². The quantitative estimate of drug-likeness (QED) is 0.874. The molecule has 3 heterocycles. The van der Waals surface area contributed by atoms with E-state index in [4.69, 9.17) is 5.11 Å². The number of nitrogens with zero attached hydrogens (tertiary/aromatic N) is 4. The van der Waals surface area contributed by atoms with Crippen LogP contribution in [0, 0.1) is 11.8 Å². The minimum atomic E-state index is -0.379. The molecule has 2 aromatic heterocycles. The number of likely N-dealkylation sites (tertiary alicyclic amines) is 1. The lowest BCUT2D eigenvalue weighted by Gasteiger charge is -2.30. The Morgan fingerprint density at radius 2 is 2.12 bits per heavy atom. The van der Waals surface area contributed by atoms with Crippen LogP contribution in [-0.4, -0.2) is 63.1 Å². The minimum absolute atomic E-state index is 0.141. The maximum Gasteiger partial charge on any atom is 0.248 e. The van der Waals surface area contributed by atoms with Crippen LogP contribution in [0.2, 0.25) is 0 Å². The van der Waals surface area contributed by atoms with Gasteiger partial charge in [0.15, 0.2) is 0 Å². The summed E-state index contributed by atoms with van der Waals surface area (Å²) >= 11 is 0. The molecule has 1 saturated heterocycles. The Hall–Kier alpha value is -2.15. The predicted octanol–water partition coefficient (Wildman–Crippen LogP) is 1.01. The van der Waals surface area contributed by atoms with Crippen molar-refractivity contribution in [1.82, 2.24) is 19.9 Å². The number of aliphatic hydroxyl groups is 1. The maximum atomic E-state index is 11.7. The van der Waals surface area contributed by atoms with Gasteiger partial charge in [-0.1, -0.05) is 0 Å². The Bertz CT molecular complexity index is 731. The van der Waals surface area contributed by atoms with Crippen LogP contribution in [-0.2, 0) is 4.79 Å². The van der Waals surface area contributed by atoms with E-state index in [2.05, 4.69) is 26.8 Å². The summed E-state index contributed by atoms with van der Waals surface area (Å²) in [6.45, 7) is 4.25. The van der Waals surface area contributed by atoms with Crippen molar-refractivity contribution in [1.29, 1.82) is 0 Å². The predicted molar refractivity (Wildman–Crippen MR) is 90.6 cm³/mol. The summed E-state index contributed by atoms with van der Waals surface area (Å²) in [5.74, 6) is 1.92. The van der Waals surface area contributed by atoms with Crippen LogP contribution < -0.4 is 4.90 Å². The monoisotopic (exact) mass is 329 g/mol. The Balaban J connectivity index is 1.53. The lowest BCUT2D eigenvalue weighted by Crippen LogP contribution is -2.37. The molecule has 7 heteroatoms. The topological polar surface area (TPSA) is 85.4 Å². The number of fused-ring (bicyclic) bond motifs is 2. The first kappa shape index (κ1) is 15.4. The van der Waals surface area contributed by atoms with Crippen molar-refractivity contribution < 1.29 is 9.90 Å². The highest BCUT2D eigenvalue weighted by Crippen LogP contribution is 2.41. The van der Waals surface area contributed by atoms with E-state index in [0.29, 0.717) is 17.9 Å². The van der Waals surface area contributed by atoms with Gasteiger partial charge in [-0.15, -0.1) is 0 Å². The highest BCUT2D eigenvalue weighted by molar-refractivity contribution is 5.87. The zero-order valence-electron chi connectivity index (χ0n) is 13.9. The molecule has 1 aliphatic carbocycles. The molecule has 1 saturated carbocycles. The van der Waals surface area contributed by atoms with Crippen molar-refractivity contribution in [2.45, 2.75) is 25.8 Å². The number of aliphatic hydroxyl groups excluding tert-OH is 1. The third-order valence-electron chi connectivity index (χ3n) is 5.60. The molecular weight excluding hydrogens is 306 g/mol. The molecule has 0 aromatic carbocycles. The van der Waals surface area contributed by atoms with E-state index in [9.17, 15) is 4.79 Å². The Morgan fingerprint density at radius 3 is 2.79 bits per heavy atom. The van der Waals surface area contributed by atoms with Gasteiger partial charge in [0.1, 0.15) is 24.4 Å². The van der Waals surface area contributed by atoms with Gasteiger partial charge in [0.05, 0.1) is 5.39 Å². The number of anilines is 1. The summed E-state index contributed by atoms with van der Waals surface area (Å²) in [6, 6.07) is 2.48. The van der Waals surface area contributed by atoms with Crippen molar-refractivity contribution >= 4 is 22.8 Å². The molecule has 4 rings (SSSR count). The molecule has 7 nitrogen and oxygen atoms in total. The number of amides is 1. The van der Waals surface area contributed by atoms with Crippen molar-refractivity contribution in [2.75, 3.05) is 31.1 Å². The van der Waals surface area contributed by atoms with E-state index in [1.807, 2.05) is 17.2 Å². The number of carbonyl (C=O) groups is 1. The van der Waals surface area contributed by atoms with Gasteiger partial charge in [0, 0.05) is 31.9 Å². The van der Waals surface area contributed by atoms with Crippen LogP contribution in [0.15, 0.2) is 18.6 Å². The van der Waals surface area contributed by atoms with Crippen molar-refractivity contribution in [3.05, 3.63) is 18.6 Å². The molecular formula is C17H23N5O2. The first-order valence-corrected chi connectivity index (χ1v) is 8.64. The standard InChI is InChI=1S/C17H23N5O2/c1-2-22(17-14-3-4-18-16(14)19-10-20-17)13-5-11-7-21(15(24)9-23)8-12(11)6-13/h3-4,10-13,23H,2,5-9H2,1H3,(H,18,19,20)/t11-,12+,13+. The van der Waals surface area contributed by atoms with Gasteiger partial charge in [0.25, 0.3) is 0 Å². The lowest BCUT2D eigenvalue weighted by molar-refractivity contribution is -0.133. The molecule has 2 N–H and O–H groups in total. The number of aromatic nitrogens is 3. The Morgan fingerprint density at radius 1 is 1.38 bits per heavy atom. The van der Waals surface area contributed by atoms with Crippen LogP contribution in [0.3, 0.4) is 0 Å². The zero-order valence-corrected chi connectivity index (χ0v) is 13.9. The summed E-state index contributed by atoms with van der Waals surface area (Å²) in [7, 11) is 0. The molecule has 24 heavy (non-hydrogen) atoms. The fourth-order valence-corrected chi connectivity index (χ4v) is 4.49. The summed E-state index contributed by atoms with van der Waals surface area (Å²) < 4.78 is 0. The molecule has 3 atom stereocenters. The van der Waals surface area contributed by atoms with Gasteiger partial charge >= 0.3 is 0 Å². The van der Waals surface area contributed by atoms with Crippen LogP contribution in [0.1, 0.15) is 19.8 Å². The molecule has 0 bridgehead atoms. The van der Waals surface area contributed by atoms with Gasteiger partial charge in [0.2, 0.25) is 5.91 Å². The Kier molecular flexibility index (Phi) is 3.88. The Labute approximate surface area is 140 Å². The van der Waals surface area contributed by atoms with E-state index in [1.165, 1.54) is 0 Å². The van der Waals surface area contributed by atoms with E-state index in [-0.39, 0.29) is 12.5 Å². The van der Waals surface area contributed by atoms with Crippen molar-refractivity contribution in [2.24, 2.45) is 11.8 Å². The van der Waals surface area contributed by atoms with Crippen LogP contribution in [0.4, 0.5) is 5.82 Å². The maximum absolute atomic E-state index is 11.7. The van der Waals surface area contributed by atoms with Crippen molar-refractivity contribution in [3.63, 3.8) is 0 Å².